The smallest absolute Gasteiger partial charge is 0.326 e. The highest BCUT2D eigenvalue weighted by Crippen LogP contribution is 2.29. The van der Waals surface area contributed by atoms with E-state index in [9.17, 15) is 53.4 Å². The predicted molar refractivity (Wildman–Crippen MR) is 215 cm³/mol. The fourth-order valence-corrected chi connectivity index (χ4v) is 8.77. The number of carbonyl (C=O) groups excluding carboxylic acids is 8. The Balaban J connectivity index is 1.50. The number of carbonyl (C=O) groups is 9. The van der Waals surface area contributed by atoms with E-state index in [1.54, 1.807) is 6.92 Å². The van der Waals surface area contributed by atoms with Crippen LogP contribution in [0.3, 0.4) is 0 Å². The molecule has 9 atom stereocenters. The molecule has 4 aliphatic heterocycles. The number of primary amides is 1. The maximum absolute atomic E-state index is 14.3. The van der Waals surface area contributed by atoms with Gasteiger partial charge in [0.1, 0.15) is 48.3 Å². The summed E-state index contributed by atoms with van der Waals surface area (Å²) >= 11 is 0. The Morgan fingerprint density at radius 1 is 0.667 bits per heavy atom. The molecule has 0 saturated carbocycles. The molecule has 0 aromatic rings. The number of rotatable bonds is 19. The Morgan fingerprint density at radius 3 is 1.67 bits per heavy atom. The van der Waals surface area contributed by atoms with Crippen LogP contribution in [0.1, 0.15) is 105 Å². The van der Waals surface area contributed by atoms with Crippen LogP contribution in [0.2, 0.25) is 0 Å². The maximum atomic E-state index is 14.3. The minimum atomic E-state index is -1.32. The molecule has 0 spiro atoms. The van der Waals surface area contributed by atoms with Gasteiger partial charge < -0.3 is 57.2 Å². The second kappa shape index (κ2) is 21.6. The number of hydrogen-bond donors (Lipinski definition) is 7. The van der Waals surface area contributed by atoms with Gasteiger partial charge in [-0.2, -0.15) is 0 Å². The van der Waals surface area contributed by atoms with E-state index in [1.807, 2.05) is 20.8 Å². The van der Waals surface area contributed by atoms with Crippen LogP contribution in [0.4, 0.5) is 0 Å². The molecule has 4 fully saturated rings. The van der Waals surface area contributed by atoms with Gasteiger partial charge in [-0.1, -0.05) is 34.1 Å². The number of amides is 8. The normalized spacial score (nSPS) is 24.1. The van der Waals surface area contributed by atoms with Crippen molar-refractivity contribution in [3.8, 4) is 0 Å². The van der Waals surface area contributed by atoms with E-state index in [2.05, 4.69) is 16.0 Å². The molecule has 0 aromatic carbocycles. The van der Waals surface area contributed by atoms with Crippen LogP contribution in [0.25, 0.3) is 0 Å². The van der Waals surface area contributed by atoms with Crippen LogP contribution in [-0.4, -0.2) is 164 Å². The van der Waals surface area contributed by atoms with E-state index < -0.39 is 114 Å². The number of aliphatic hydroxyl groups excluding tert-OH is 1. The van der Waals surface area contributed by atoms with Crippen LogP contribution < -0.4 is 27.4 Å². The summed E-state index contributed by atoms with van der Waals surface area (Å²) in [6, 6.07) is -8.52. The maximum Gasteiger partial charge on any atom is 0.326 e. The third-order valence-corrected chi connectivity index (χ3v) is 12.2. The molecular formula is C40H65N9O11. The monoisotopic (exact) mass is 847 g/mol. The first-order valence-corrected chi connectivity index (χ1v) is 21.4. The quantitative estimate of drug-likeness (QED) is 0.0756. The highest BCUT2D eigenvalue weighted by atomic mass is 16.4. The van der Waals surface area contributed by atoms with Gasteiger partial charge in [-0.05, 0) is 76.0 Å². The largest absolute Gasteiger partial charge is 0.480 e. The Morgan fingerprint density at radius 2 is 1.15 bits per heavy atom. The molecule has 0 radical (unpaired) electrons. The zero-order valence-electron chi connectivity index (χ0n) is 35.3. The number of aliphatic carboxylic acids is 1. The fraction of sp³-hybridized carbons (Fsp3) is 0.775. The zero-order chi connectivity index (χ0) is 44.4. The Hall–Kier alpha value is -4.85. The lowest BCUT2D eigenvalue weighted by Crippen LogP contribution is -2.61. The molecule has 9 N–H and O–H groups in total. The van der Waals surface area contributed by atoms with Crippen LogP contribution in [-0.2, 0) is 43.2 Å². The Labute approximate surface area is 350 Å². The summed E-state index contributed by atoms with van der Waals surface area (Å²) in [6.45, 7) is 7.62. The second-order valence-electron chi connectivity index (χ2n) is 17.0. The van der Waals surface area contributed by atoms with E-state index in [-0.39, 0.29) is 57.8 Å². The van der Waals surface area contributed by atoms with Gasteiger partial charge >= 0.3 is 5.97 Å². The second-order valence-corrected chi connectivity index (χ2v) is 17.0. The molecule has 0 unspecified atom stereocenters. The molecule has 336 valence electrons. The summed E-state index contributed by atoms with van der Waals surface area (Å²) in [5.74, 6) is -6.43. The van der Waals surface area contributed by atoms with Crippen molar-refractivity contribution < 1.29 is 53.4 Å². The first kappa shape index (κ1) is 47.8. The minimum absolute atomic E-state index is 0.130. The third-order valence-electron chi connectivity index (χ3n) is 12.2. The summed E-state index contributed by atoms with van der Waals surface area (Å²) in [6.07, 6.45) is 3.46. The van der Waals surface area contributed by atoms with Gasteiger partial charge in [0.25, 0.3) is 0 Å². The first-order valence-electron chi connectivity index (χ1n) is 21.4. The van der Waals surface area contributed by atoms with Crippen LogP contribution in [0.15, 0.2) is 0 Å². The van der Waals surface area contributed by atoms with Gasteiger partial charge in [-0.25, -0.2) is 4.79 Å². The van der Waals surface area contributed by atoms with Crippen LogP contribution in [0.5, 0.6) is 0 Å². The van der Waals surface area contributed by atoms with E-state index >= 15 is 0 Å². The van der Waals surface area contributed by atoms with E-state index in [1.165, 1.54) is 19.6 Å². The standard InChI is InChI=1S/C40H65N9O11/c1-5-23(4)32(45-34(53)27-10-6-16-46(27)36(55)24(41)21-50)35(54)44-26(20-22(2)3)33(52)43-25(14-15-31(42)51)37(56)47-17-7-11-28(47)38(57)48-18-8-12-29(48)39(58)49-19-9-13-30(49)40(59)60/h22-30,32,50H,5-21,41H2,1-4H3,(H2,42,51)(H,43,52)(H,44,54)(H,45,53)(H,59,60)/t23-,24-,25-,26-,27-,28-,29-,30-,32-/m0/s1. The van der Waals surface area contributed by atoms with Crippen molar-refractivity contribution in [3.63, 3.8) is 0 Å². The van der Waals surface area contributed by atoms with Gasteiger partial charge in [-0.3, -0.25) is 38.4 Å². The lowest BCUT2D eigenvalue weighted by atomic mass is 9.96. The number of carboxylic acid groups (broad SMARTS) is 1. The number of nitrogens with one attached hydrogen (secondary N) is 3. The molecular weight excluding hydrogens is 782 g/mol. The summed E-state index contributed by atoms with van der Waals surface area (Å²) < 4.78 is 0. The molecule has 8 amide bonds. The number of nitrogens with two attached hydrogens (primary N) is 2. The van der Waals surface area contributed by atoms with Gasteiger partial charge in [0.05, 0.1) is 6.61 Å². The van der Waals surface area contributed by atoms with Crippen molar-refractivity contribution in [1.29, 1.82) is 0 Å². The zero-order valence-corrected chi connectivity index (χ0v) is 35.3. The van der Waals surface area contributed by atoms with Crippen molar-refractivity contribution in [2.75, 3.05) is 32.8 Å². The number of likely N-dealkylation sites (tertiary alicyclic amines) is 4. The summed E-state index contributed by atoms with van der Waals surface area (Å²) in [5, 5.41) is 27.3. The lowest BCUT2D eigenvalue weighted by Gasteiger charge is -2.35. The SMILES string of the molecule is CC[C@H](C)[C@H](NC(=O)[C@@H]1CCCN1C(=O)[C@@H](N)CO)C(=O)N[C@@H](CC(C)C)C(=O)N[C@@H](CCC(N)=O)C(=O)N1CCC[C@H]1C(=O)N1CCC[C@H]1C(=O)N1CCC[C@H]1C(=O)O. The van der Waals surface area contributed by atoms with Crippen molar-refractivity contribution in [2.24, 2.45) is 23.3 Å². The van der Waals surface area contributed by atoms with Crippen LogP contribution >= 0.6 is 0 Å². The molecule has 0 aliphatic carbocycles. The number of nitrogens with zero attached hydrogens (tertiary/aromatic N) is 4. The minimum Gasteiger partial charge on any atom is -0.480 e. The van der Waals surface area contributed by atoms with Gasteiger partial charge in [0, 0.05) is 32.6 Å². The van der Waals surface area contributed by atoms with Crippen molar-refractivity contribution in [2.45, 2.75) is 153 Å². The Kier molecular flexibility index (Phi) is 17.2. The third kappa shape index (κ3) is 11.5. The summed E-state index contributed by atoms with van der Waals surface area (Å²) in [5.41, 5.74) is 11.2. The first-order chi connectivity index (χ1) is 28.4. The van der Waals surface area contributed by atoms with Crippen molar-refractivity contribution in [1.82, 2.24) is 35.6 Å². The summed E-state index contributed by atoms with van der Waals surface area (Å²) in [4.78, 5) is 126. The molecule has 60 heavy (non-hydrogen) atoms. The molecule has 4 aliphatic rings. The molecule has 4 saturated heterocycles. The van der Waals surface area contributed by atoms with Crippen molar-refractivity contribution >= 4 is 53.2 Å². The molecule has 4 rings (SSSR count). The van der Waals surface area contributed by atoms with E-state index in [4.69, 9.17) is 11.5 Å². The predicted octanol–water partition coefficient (Wildman–Crippen LogP) is -1.83. The van der Waals surface area contributed by atoms with Gasteiger partial charge in [0.15, 0.2) is 0 Å². The number of carboxylic acids is 1. The van der Waals surface area contributed by atoms with E-state index in [0.717, 1.165) is 0 Å². The van der Waals surface area contributed by atoms with Gasteiger partial charge in [0.2, 0.25) is 47.3 Å². The number of hydrogen-bond acceptors (Lipinski definition) is 11. The van der Waals surface area contributed by atoms with E-state index in [0.29, 0.717) is 51.4 Å². The lowest BCUT2D eigenvalue weighted by molar-refractivity contribution is -0.153. The average molecular weight is 848 g/mol. The average Bonchev–Trinajstić information content (AvgIpc) is 4.06. The Bertz CT molecular complexity index is 1630. The molecule has 20 nitrogen and oxygen atoms in total. The molecule has 0 aromatic heterocycles. The van der Waals surface area contributed by atoms with Gasteiger partial charge in [-0.15, -0.1) is 0 Å². The molecule has 0 bridgehead atoms. The van der Waals surface area contributed by atoms with Crippen molar-refractivity contribution in [3.05, 3.63) is 0 Å². The number of aliphatic hydroxyl groups is 1. The fourth-order valence-electron chi connectivity index (χ4n) is 8.77. The van der Waals surface area contributed by atoms with Crippen LogP contribution in [0, 0.1) is 11.8 Å². The molecule has 4 heterocycles. The molecule has 20 heteroatoms. The topological polar surface area (TPSA) is 295 Å². The highest BCUT2D eigenvalue weighted by molar-refractivity contribution is 5.98. The summed E-state index contributed by atoms with van der Waals surface area (Å²) in [7, 11) is 0. The highest BCUT2D eigenvalue weighted by Gasteiger charge is 2.47.